The second-order valence-electron chi connectivity index (χ2n) is 1.83. The number of hydrogen-bond acceptors (Lipinski definition) is 3. The Morgan fingerprint density at radius 2 is 2.33 bits per heavy atom. The Balaban J connectivity index is 2.88. The molecule has 0 saturated carbocycles. The summed E-state index contributed by atoms with van der Waals surface area (Å²) in [4.78, 5) is 8.99. The zero-order chi connectivity index (χ0) is 7.11. The third kappa shape index (κ3) is 6.37. The maximum Gasteiger partial charge on any atom is 0.318 e. The lowest BCUT2D eigenvalue weighted by molar-refractivity contribution is 0.325. The van der Waals surface area contributed by atoms with Crippen LogP contribution < -0.4 is 0 Å². The summed E-state index contributed by atoms with van der Waals surface area (Å²) in [5.74, 6) is 1.13. The van der Waals surface area contributed by atoms with Crippen LogP contribution in [0.1, 0.15) is 6.42 Å². The molecule has 0 amide bonds. The van der Waals surface area contributed by atoms with Gasteiger partial charge in [0.25, 0.3) is 0 Å². The lowest BCUT2D eigenvalue weighted by atomic mass is 10.6. The summed E-state index contributed by atoms with van der Waals surface area (Å²) < 4.78 is 4.78. The molecule has 1 atom stereocenters. The predicted molar refractivity (Wildman–Crippen MR) is 44.2 cm³/mol. The second-order valence-corrected chi connectivity index (χ2v) is 4.77. The Bertz CT molecular complexity index is 62.9. The van der Waals surface area contributed by atoms with Gasteiger partial charge in [0.05, 0.1) is 0 Å². The molecule has 0 aromatic carbocycles. The van der Waals surface area contributed by atoms with Crippen LogP contribution in [0.5, 0.6) is 0 Å². The average molecular weight is 166 g/mol. The summed E-state index contributed by atoms with van der Waals surface area (Å²) in [6, 6.07) is 0.886. The van der Waals surface area contributed by atoms with Gasteiger partial charge in [0, 0.05) is 7.11 Å². The molecular formula is C5H14O2SSi. The third-order valence-corrected chi connectivity index (χ3v) is 3.21. The number of hydrogen-bond donors (Lipinski definition) is 1. The molecule has 0 aliphatic heterocycles. The summed E-state index contributed by atoms with van der Waals surface area (Å²) in [5.41, 5.74) is 0. The highest BCUT2D eigenvalue weighted by molar-refractivity contribution is 7.98. The van der Waals surface area contributed by atoms with Crippen molar-refractivity contribution in [3.05, 3.63) is 0 Å². The third-order valence-electron chi connectivity index (χ3n) is 1.07. The van der Waals surface area contributed by atoms with Crippen molar-refractivity contribution < 1.29 is 9.22 Å². The van der Waals surface area contributed by atoms with Crippen molar-refractivity contribution in [3.8, 4) is 0 Å². The van der Waals surface area contributed by atoms with Crippen molar-refractivity contribution >= 4 is 21.0 Å². The lowest BCUT2D eigenvalue weighted by Crippen LogP contribution is -2.14. The highest BCUT2D eigenvalue weighted by Gasteiger charge is 2.02. The van der Waals surface area contributed by atoms with Crippen LogP contribution in [-0.4, -0.2) is 33.2 Å². The molecule has 9 heavy (non-hydrogen) atoms. The molecule has 56 valence electrons. The number of thioether (sulfide) groups is 1. The van der Waals surface area contributed by atoms with Crippen LogP contribution in [0.4, 0.5) is 0 Å². The molecule has 1 N–H and O–H groups in total. The Labute approximate surface area is 62.5 Å². The minimum atomic E-state index is -1.73. The molecule has 0 aromatic rings. The molecule has 4 heteroatoms. The van der Waals surface area contributed by atoms with Gasteiger partial charge in [-0.15, -0.1) is 0 Å². The Kier molecular flexibility index (Phi) is 6.96. The monoisotopic (exact) mass is 166 g/mol. The quantitative estimate of drug-likeness (QED) is 0.479. The molecule has 0 bridgehead atoms. The summed E-state index contributed by atoms with van der Waals surface area (Å²) in [6.45, 7) is 0. The minimum Gasteiger partial charge on any atom is -0.413 e. The van der Waals surface area contributed by atoms with Crippen LogP contribution in [-0.2, 0) is 4.43 Å². The van der Waals surface area contributed by atoms with Gasteiger partial charge in [0.15, 0.2) is 0 Å². The van der Waals surface area contributed by atoms with Gasteiger partial charge in [-0.25, -0.2) is 0 Å². The van der Waals surface area contributed by atoms with Crippen LogP contribution in [0.3, 0.4) is 0 Å². The largest absolute Gasteiger partial charge is 0.413 e. The van der Waals surface area contributed by atoms with Gasteiger partial charge >= 0.3 is 9.28 Å². The normalized spacial score (nSPS) is 13.7. The summed E-state index contributed by atoms with van der Waals surface area (Å²) in [6.07, 6.45) is 3.16. The summed E-state index contributed by atoms with van der Waals surface area (Å²) in [5, 5.41) is 0. The predicted octanol–water partition coefficient (Wildman–Crippen LogP) is 0.599. The zero-order valence-electron chi connectivity index (χ0n) is 5.96. The molecule has 0 spiro atoms. The molecule has 0 heterocycles. The van der Waals surface area contributed by atoms with E-state index in [1.165, 1.54) is 0 Å². The Morgan fingerprint density at radius 3 is 2.78 bits per heavy atom. The fourth-order valence-corrected chi connectivity index (χ4v) is 2.06. The molecule has 0 rings (SSSR count). The summed E-state index contributed by atoms with van der Waals surface area (Å²) in [7, 11) is -0.147. The van der Waals surface area contributed by atoms with Gasteiger partial charge in [-0.3, -0.25) is 0 Å². The fraction of sp³-hybridized carbons (Fsp3) is 1.00. The maximum atomic E-state index is 8.99. The van der Waals surface area contributed by atoms with Gasteiger partial charge < -0.3 is 9.22 Å². The first kappa shape index (κ1) is 9.49. The van der Waals surface area contributed by atoms with Gasteiger partial charge in [-0.05, 0) is 24.5 Å². The SMILES string of the molecule is CO[SiH](O)CCCSC. The molecule has 0 radical (unpaired) electrons. The van der Waals surface area contributed by atoms with E-state index in [1.807, 2.05) is 11.8 Å². The van der Waals surface area contributed by atoms with E-state index in [4.69, 9.17) is 9.22 Å². The van der Waals surface area contributed by atoms with Crippen molar-refractivity contribution in [2.24, 2.45) is 0 Å². The first-order chi connectivity index (χ1) is 4.31. The van der Waals surface area contributed by atoms with E-state index in [2.05, 4.69) is 6.26 Å². The van der Waals surface area contributed by atoms with Crippen molar-refractivity contribution in [3.63, 3.8) is 0 Å². The van der Waals surface area contributed by atoms with Crippen LogP contribution in [0.25, 0.3) is 0 Å². The standard InChI is InChI=1S/C5H14O2SSi/c1-7-9(6)5-3-4-8-2/h6,9H,3-5H2,1-2H3. The van der Waals surface area contributed by atoms with Crippen molar-refractivity contribution in [2.45, 2.75) is 12.5 Å². The molecule has 1 unspecified atom stereocenters. The van der Waals surface area contributed by atoms with Crippen molar-refractivity contribution in [1.29, 1.82) is 0 Å². The molecule has 0 aliphatic rings. The van der Waals surface area contributed by atoms with Crippen LogP contribution in [0.2, 0.25) is 6.04 Å². The maximum absolute atomic E-state index is 8.99. The lowest BCUT2D eigenvalue weighted by Gasteiger charge is -2.02. The van der Waals surface area contributed by atoms with E-state index < -0.39 is 9.28 Å². The van der Waals surface area contributed by atoms with Crippen molar-refractivity contribution in [1.82, 2.24) is 0 Å². The van der Waals surface area contributed by atoms with E-state index in [-0.39, 0.29) is 0 Å². The van der Waals surface area contributed by atoms with Crippen LogP contribution in [0.15, 0.2) is 0 Å². The van der Waals surface area contributed by atoms with Crippen LogP contribution in [0, 0.1) is 0 Å². The highest BCUT2D eigenvalue weighted by Crippen LogP contribution is 2.01. The minimum absolute atomic E-state index is 0.886. The number of rotatable bonds is 5. The molecular weight excluding hydrogens is 152 g/mol. The Hall–Kier alpha value is 0.487. The molecule has 0 aliphatic carbocycles. The first-order valence-corrected chi connectivity index (χ1v) is 6.21. The molecule has 0 aromatic heterocycles. The van der Waals surface area contributed by atoms with E-state index in [0.717, 1.165) is 18.2 Å². The van der Waals surface area contributed by atoms with E-state index in [1.54, 1.807) is 7.11 Å². The molecule has 0 fully saturated rings. The smallest absolute Gasteiger partial charge is 0.318 e. The first-order valence-electron chi connectivity index (χ1n) is 3.01. The van der Waals surface area contributed by atoms with E-state index >= 15 is 0 Å². The summed E-state index contributed by atoms with van der Waals surface area (Å²) >= 11 is 1.81. The van der Waals surface area contributed by atoms with E-state index in [0.29, 0.717) is 0 Å². The van der Waals surface area contributed by atoms with Gasteiger partial charge in [-0.1, -0.05) is 0 Å². The second kappa shape index (κ2) is 6.60. The molecule has 0 saturated heterocycles. The van der Waals surface area contributed by atoms with E-state index in [9.17, 15) is 0 Å². The van der Waals surface area contributed by atoms with Gasteiger partial charge in [0.2, 0.25) is 0 Å². The highest BCUT2D eigenvalue weighted by atomic mass is 32.2. The van der Waals surface area contributed by atoms with Gasteiger partial charge in [-0.2, -0.15) is 11.8 Å². The van der Waals surface area contributed by atoms with Gasteiger partial charge in [0.1, 0.15) is 0 Å². The zero-order valence-corrected chi connectivity index (χ0v) is 7.93. The average Bonchev–Trinajstić information content (AvgIpc) is 1.89. The Morgan fingerprint density at radius 1 is 1.67 bits per heavy atom. The van der Waals surface area contributed by atoms with Crippen LogP contribution >= 0.6 is 11.8 Å². The topological polar surface area (TPSA) is 29.5 Å². The fourth-order valence-electron chi connectivity index (χ4n) is 0.520. The van der Waals surface area contributed by atoms with Crippen molar-refractivity contribution in [2.75, 3.05) is 19.1 Å². The molecule has 2 nitrogen and oxygen atoms in total.